The third-order valence-corrected chi connectivity index (χ3v) is 5.95. The van der Waals surface area contributed by atoms with Crippen LogP contribution in [0.2, 0.25) is 0 Å². The van der Waals surface area contributed by atoms with E-state index >= 15 is 0 Å². The third-order valence-electron chi connectivity index (χ3n) is 4.89. The number of nitrogens with two attached hydrogens (primary N) is 1. The maximum atomic E-state index is 14.4. The number of carbonyl (C=O) groups excluding carboxylic acids is 1. The first-order chi connectivity index (χ1) is 13.4. The molecule has 0 radical (unpaired) electrons. The molecule has 1 fully saturated rings. The van der Waals surface area contributed by atoms with Gasteiger partial charge in [0.05, 0.1) is 11.7 Å². The lowest BCUT2D eigenvalue weighted by molar-refractivity contribution is 0.0860. The van der Waals surface area contributed by atoms with E-state index in [1.807, 2.05) is 0 Å². The molecule has 2 N–H and O–H groups in total. The van der Waals surface area contributed by atoms with Crippen molar-refractivity contribution >= 4 is 23.2 Å². The van der Waals surface area contributed by atoms with E-state index in [9.17, 15) is 13.6 Å². The first kappa shape index (κ1) is 18.4. The summed E-state index contributed by atoms with van der Waals surface area (Å²) in [6, 6.07) is 2.81. The second-order valence-electron chi connectivity index (χ2n) is 6.60. The number of halogens is 2. The molecular weight excluding hydrogens is 386 g/mol. The third kappa shape index (κ3) is 2.99. The molecule has 0 bridgehead atoms. The Bertz CT molecular complexity index is 1020. The minimum atomic E-state index is -1.04. The Hall–Kier alpha value is -3.01. The molecule has 0 atom stereocenters. The van der Waals surface area contributed by atoms with Gasteiger partial charge < -0.3 is 10.6 Å². The Morgan fingerprint density at radius 1 is 1.25 bits per heavy atom. The SMILES string of the molecule is CN(c1ncc(-c2ncc(C(N)=O)s2)cn1)C1(c2ncccc2F)CC(F)C1. The number of alkyl halides is 1. The quantitative estimate of drug-likeness (QED) is 0.705. The Morgan fingerprint density at radius 3 is 2.54 bits per heavy atom. The van der Waals surface area contributed by atoms with Crippen molar-refractivity contribution in [2.75, 3.05) is 11.9 Å². The molecule has 10 heteroatoms. The number of pyridine rings is 1. The summed E-state index contributed by atoms with van der Waals surface area (Å²) in [5.41, 5.74) is 5.11. The van der Waals surface area contributed by atoms with E-state index in [0.29, 0.717) is 21.4 Å². The number of carbonyl (C=O) groups is 1. The van der Waals surface area contributed by atoms with E-state index in [1.54, 1.807) is 24.3 Å². The maximum absolute atomic E-state index is 14.4. The lowest BCUT2D eigenvalue weighted by atomic mass is 9.71. The molecule has 3 heterocycles. The van der Waals surface area contributed by atoms with E-state index in [2.05, 4.69) is 19.9 Å². The molecule has 1 aliphatic rings. The average Bonchev–Trinajstić information content (AvgIpc) is 3.16. The second kappa shape index (κ2) is 6.86. The fourth-order valence-corrected chi connectivity index (χ4v) is 4.09. The van der Waals surface area contributed by atoms with Crippen LogP contribution in [-0.2, 0) is 5.54 Å². The molecule has 3 aromatic rings. The number of hydrogen-bond donors (Lipinski definition) is 1. The molecule has 0 spiro atoms. The van der Waals surface area contributed by atoms with Crippen LogP contribution < -0.4 is 10.6 Å². The Labute approximate surface area is 163 Å². The number of rotatable bonds is 5. The van der Waals surface area contributed by atoms with E-state index in [1.165, 1.54) is 24.5 Å². The predicted octanol–water partition coefficient (Wildman–Crippen LogP) is 2.70. The van der Waals surface area contributed by atoms with Gasteiger partial charge in [0.1, 0.15) is 27.6 Å². The van der Waals surface area contributed by atoms with Gasteiger partial charge in [-0.2, -0.15) is 0 Å². The fourth-order valence-electron chi connectivity index (χ4n) is 3.35. The minimum Gasteiger partial charge on any atom is -0.365 e. The summed E-state index contributed by atoms with van der Waals surface area (Å²) < 4.78 is 28.2. The van der Waals surface area contributed by atoms with Crippen molar-refractivity contribution in [1.82, 2.24) is 19.9 Å². The van der Waals surface area contributed by atoms with Crippen molar-refractivity contribution in [3.63, 3.8) is 0 Å². The molecule has 0 saturated heterocycles. The van der Waals surface area contributed by atoms with Crippen molar-refractivity contribution < 1.29 is 13.6 Å². The van der Waals surface area contributed by atoms with Gasteiger partial charge in [-0.15, -0.1) is 11.3 Å². The van der Waals surface area contributed by atoms with Crippen LogP contribution in [0.1, 0.15) is 28.2 Å². The van der Waals surface area contributed by atoms with E-state index in [-0.39, 0.29) is 18.5 Å². The van der Waals surface area contributed by atoms with Crippen LogP contribution in [0.25, 0.3) is 10.6 Å². The molecule has 0 aromatic carbocycles. The summed E-state index contributed by atoms with van der Waals surface area (Å²) in [4.78, 5) is 30.2. The minimum absolute atomic E-state index is 0.108. The van der Waals surface area contributed by atoms with Crippen LogP contribution in [0.4, 0.5) is 14.7 Å². The summed E-state index contributed by atoms with van der Waals surface area (Å²) in [5, 5.41) is 0.556. The zero-order valence-corrected chi connectivity index (χ0v) is 15.7. The maximum Gasteiger partial charge on any atom is 0.260 e. The highest BCUT2D eigenvalue weighted by atomic mass is 32.1. The molecule has 0 aliphatic heterocycles. The number of nitrogens with zero attached hydrogens (tertiary/aromatic N) is 5. The van der Waals surface area contributed by atoms with Gasteiger partial charge in [0, 0.05) is 44.0 Å². The topological polar surface area (TPSA) is 97.9 Å². The summed E-state index contributed by atoms with van der Waals surface area (Å²) in [6.07, 6.45) is 5.17. The second-order valence-corrected chi connectivity index (χ2v) is 7.63. The predicted molar refractivity (Wildman–Crippen MR) is 100 cm³/mol. The van der Waals surface area contributed by atoms with Crippen molar-refractivity contribution in [2.45, 2.75) is 24.6 Å². The van der Waals surface area contributed by atoms with Crippen LogP contribution >= 0.6 is 11.3 Å². The summed E-state index contributed by atoms with van der Waals surface area (Å²) in [5.74, 6) is -0.724. The summed E-state index contributed by atoms with van der Waals surface area (Å²) in [6.45, 7) is 0. The normalized spacial score (nSPS) is 21.2. The molecule has 4 rings (SSSR count). The van der Waals surface area contributed by atoms with Crippen LogP contribution in [0.5, 0.6) is 0 Å². The fraction of sp³-hybridized carbons (Fsp3) is 0.278. The smallest absolute Gasteiger partial charge is 0.260 e. The molecule has 1 amide bonds. The monoisotopic (exact) mass is 402 g/mol. The van der Waals surface area contributed by atoms with Gasteiger partial charge in [-0.05, 0) is 12.1 Å². The summed E-state index contributed by atoms with van der Waals surface area (Å²) in [7, 11) is 1.70. The van der Waals surface area contributed by atoms with Gasteiger partial charge in [-0.1, -0.05) is 0 Å². The number of primary amides is 1. The van der Waals surface area contributed by atoms with Gasteiger partial charge in [0.25, 0.3) is 5.91 Å². The van der Waals surface area contributed by atoms with Crippen molar-refractivity contribution in [2.24, 2.45) is 5.73 Å². The molecule has 144 valence electrons. The van der Waals surface area contributed by atoms with Gasteiger partial charge >= 0.3 is 0 Å². The molecule has 3 aromatic heterocycles. The number of anilines is 1. The lowest BCUT2D eigenvalue weighted by Gasteiger charge is -2.49. The van der Waals surface area contributed by atoms with E-state index in [4.69, 9.17) is 5.73 Å². The van der Waals surface area contributed by atoms with E-state index < -0.39 is 23.4 Å². The van der Waals surface area contributed by atoms with Crippen molar-refractivity contribution in [1.29, 1.82) is 0 Å². The zero-order chi connectivity index (χ0) is 19.9. The summed E-state index contributed by atoms with van der Waals surface area (Å²) >= 11 is 1.14. The van der Waals surface area contributed by atoms with Gasteiger partial charge in [-0.25, -0.2) is 23.7 Å². The molecule has 7 nitrogen and oxygen atoms in total. The van der Waals surface area contributed by atoms with Crippen molar-refractivity contribution in [3.05, 3.63) is 53.3 Å². The molecule has 1 saturated carbocycles. The molecule has 28 heavy (non-hydrogen) atoms. The number of thiazole rings is 1. The highest BCUT2D eigenvalue weighted by Crippen LogP contribution is 2.48. The highest BCUT2D eigenvalue weighted by Gasteiger charge is 2.52. The molecule has 0 unspecified atom stereocenters. The van der Waals surface area contributed by atoms with Crippen molar-refractivity contribution in [3.8, 4) is 10.6 Å². The van der Waals surface area contributed by atoms with Crippen LogP contribution in [0.15, 0.2) is 36.9 Å². The number of aromatic nitrogens is 4. The number of amides is 1. The van der Waals surface area contributed by atoms with E-state index in [0.717, 1.165) is 11.3 Å². The zero-order valence-electron chi connectivity index (χ0n) is 14.8. The van der Waals surface area contributed by atoms with Crippen LogP contribution in [0.3, 0.4) is 0 Å². The largest absolute Gasteiger partial charge is 0.365 e. The molecular formula is C18H16F2N6OS. The standard InChI is InChI=1S/C18H16F2N6OS/c1-26(18(5-11(19)6-18)14-12(20)3-2-4-22-14)17-24-7-10(8-25-17)16-23-9-13(28-16)15(21)27/h2-4,7-9,11H,5-6H2,1H3,(H2,21,27). The van der Waals surface area contributed by atoms with Gasteiger partial charge in [0.15, 0.2) is 0 Å². The number of hydrogen-bond acceptors (Lipinski definition) is 7. The van der Waals surface area contributed by atoms with Crippen LogP contribution in [0, 0.1) is 5.82 Å². The van der Waals surface area contributed by atoms with Crippen LogP contribution in [-0.4, -0.2) is 39.1 Å². The first-order valence-electron chi connectivity index (χ1n) is 8.47. The Morgan fingerprint density at radius 2 is 1.96 bits per heavy atom. The van der Waals surface area contributed by atoms with Gasteiger partial charge in [-0.3, -0.25) is 9.78 Å². The first-order valence-corrected chi connectivity index (χ1v) is 9.29. The Kier molecular flexibility index (Phi) is 4.50. The van der Waals surface area contributed by atoms with Gasteiger partial charge in [0.2, 0.25) is 5.95 Å². The highest BCUT2D eigenvalue weighted by molar-refractivity contribution is 7.16. The average molecular weight is 402 g/mol. The lowest BCUT2D eigenvalue weighted by Crippen LogP contribution is -2.56. The Balaban J connectivity index is 1.64. The molecule has 1 aliphatic carbocycles.